The summed E-state index contributed by atoms with van der Waals surface area (Å²) in [5, 5.41) is 3.16. The molecule has 2 aliphatic heterocycles. The maximum atomic E-state index is 12.7. The molecule has 0 bridgehead atoms. The lowest BCUT2D eigenvalue weighted by molar-refractivity contribution is 0.0940. The second-order valence-corrected chi connectivity index (χ2v) is 9.49. The lowest BCUT2D eigenvalue weighted by Gasteiger charge is -2.32. The predicted octanol–water partition coefficient (Wildman–Crippen LogP) is 5.40. The lowest BCUT2D eigenvalue weighted by Crippen LogP contribution is -2.32. The molecule has 2 saturated heterocycles. The molecule has 2 fully saturated rings. The zero-order chi connectivity index (χ0) is 21.6. The average molecular weight is 420 g/mol. The number of hydrogen-bond donors (Lipinski definition) is 1. The molecule has 2 aromatic carbocycles. The number of carbonyl (C=O) groups is 1. The summed E-state index contributed by atoms with van der Waals surface area (Å²) in [6, 6.07) is 16.8. The highest BCUT2D eigenvalue weighted by atomic mass is 16.1. The van der Waals surface area contributed by atoms with Crippen molar-refractivity contribution >= 4 is 11.6 Å². The molecule has 1 unspecified atom stereocenters. The molecule has 31 heavy (non-hydrogen) atoms. The number of carbonyl (C=O) groups excluding carboxylic acids is 1. The third-order valence-corrected chi connectivity index (χ3v) is 6.96. The summed E-state index contributed by atoms with van der Waals surface area (Å²) >= 11 is 0. The van der Waals surface area contributed by atoms with Crippen LogP contribution >= 0.6 is 0 Å². The van der Waals surface area contributed by atoms with Gasteiger partial charge in [0.25, 0.3) is 5.91 Å². The first-order valence-electron chi connectivity index (χ1n) is 12.1. The maximum Gasteiger partial charge on any atom is 0.251 e. The van der Waals surface area contributed by atoms with E-state index >= 15 is 0 Å². The van der Waals surface area contributed by atoms with Crippen LogP contribution in [-0.4, -0.2) is 37.0 Å². The number of amides is 1. The topological polar surface area (TPSA) is 35.6 Å². The summed E-state index contributed by atoms with van der Waals surface area (Å²) < 4.78 is 0. The highest BCUT2D eigenvalue weighted by Crippen LogP contribution is 2.25. The van der Waals surface area contributed by atoms with Gasteiger partial charge in [-0.3, -0.25) is 9.69 Å². The first kappa shape index (κ1) is 21.9. The van der Waals surface area contributed by atoms with Gasteiger partial charge in [-0.25, -0.2) is 0 Å². The van der Waals surface area contributed by atoms with Gasteiger partial charge in [-0.2, -0.15) is 0 Å². The Bertz CT molecular complexity index is 832. The third-order valence-electron chi connectivity index (χ3n) is 6.96. The molecule has 0 saturated carbocycles. The van der Waals surface area contributed by atoms with E-state index in [4.69, 9.17) is 0 Å². The van der Waals surface area contributed by atoms with Crippen LogP contribution in [0.25, 0.3) is 0 Å². The van der Waals surface area contributed by atoms with Crippen molar-refractivity contribution in [1.82, 2.24) is 10.2 Å². The van der Waals surface area contributed by atoms with Crippen molar-refractivity contribution in [3.8, 4) is 0 Å². The number of benzene rings is 2. The number of nitrogens with zero attached hydrogens (tertiary/aromatic N) is 2. The average Bonchev–Trinajstić information content (AvgIpc) is 2.81. The van der Waals surface area contributed by atoms with E-state index in [1.165, 1.54) is 56.4 Å². The molecule has 0 aliphatic carbocycles. The van der Waals surface area contributed by atoms with Crippen molar-refractivity contribution in [3.63, 3.8) is 0 Å². The minimum atomic E-state index is -0.0176. The van der Waals surface area contributed by atoms with E-state index in [1.807, 2.05) is 12.1 Å². The minimum absolute atomic E-state index is 0.00822. The van der Waals surface area contributed by atoms with Crippen LogP contribution in [-0.2, 0) is 6.54 Å². The number of anilines is 1. The third kappa shape index (κ3) is 5.88. The van der Waals surface area contributed by atoms with Crippen molar-refractivity contribution < 1.29 is 4.79 Å². The van der Waals surface area contributed by atoms with E-state index in [1.54, 1.807) is 0 Å². The Hall–Kier alpha value is -2.33. The van der Waals surface area contributed by atoms with Crippen LogP contribution in [0.15, 0.2) is 48.5 Å². The second kappa shape index (κ2) is 10.3. The summed E-state index contributed by atoms with van der Waals surface area (Å²) in [4.78, 5) is 17.7. The van der Waals surface area contributed by atoms with E-state index in [0.29, 0.717) is 0 Å². The first-order chi connectivity index (χ1) is 15.1. The summed E-state index contributed by atoms with van der Waals surface area (Å²) in [5.74, 6) is 0.829. The zero-order valence-electron chi connectivity index (χ0n) is 19.1. The molecule has 0 spiro atoms. The highest BCUT2D eigenvalue weighted by Gasteiger charge is 2.17. The van der Waals surface area contributed by atoms with E-state index in [9.17, 15) is 4.79 Å². The van der Waals surface area contributed by atoms with Crippen molar-refractivity contribution in [3.05, 3.63) is 65.2 Å². The Balaban J connectivity index is 1.30. The van der Waals surface area contributed by atoms with Crippen LogP contribution in [0.5, 0.6) is 0 Å². The van der Waals surface area contributed by atoms with Gasteiger partial charge < -0.3 is 10.2 Å². The van der Waals surface area contributed by atoms with Crippen molar-refractivity contribution in [1.29, 1.82) is 0 Å². The summed E-state index contributed by atoms with van der Waals surface area (Å²) in [7, 11) is 0. The number of likely N-dealkylation sites (tertiary alicyclic amines) is 1. The summed E-state index contributed by atoms with van der Waals surface area (Å²) in [6.07, 6.45) is 6.50. The number of rotatable bonds is 6. The van der Waals surface area contributed by atoms with E-state index in [0.717, 1.165) is 36.7 Å². The van der Waals surface area contributed by atoms with Crippen LogP contribution in [0.4, 0.5) is 5.69 Å². The molecule has 2 heterocycles. The molecule has 166 valence electrons. The fraction of sp³-hybridized carbons (Fsp3) is 0.519. The molecule has 4 heteroatoms. The van der Waals surface area contributed by atoms with Gasteiger partial charge in [0.15, 0.2) is 0 Å². The normalized spacial score (nSPS) is 19.2. The predicted molar refractivity (Wildman–Crippen MR) is 129 cm³/mol. The monoisotopic (exact) mass is 419 g/mol. The van der Waals surface area contributed by atoms with E-state index in [-0.39, 0.29) is 11.9 Å². The molecule has 2 aliphatic rings. The molecule has 1 atom stereocenters. The number of hydrogen-bond acceptors (Lipinski definition) is 3. The molecule has 1 amide bonds. The van der Waals surface area contributed by atoms with Gasteiger partial charge in [-0.1, -0.05) is 37.6 Å². The highest BCUT2D eigenvalue weighted by molar-refractivity contribution is 5.94. The molecular formula is C27H37N3O. The van der Waals surface area contributed by atoms with Gasteiger partial charge >= 0.3 is 0 Å². The quantitative estimate of drug-likeness (QED) is 0.681. The molecule has 1 N–H and O–H groups in total. The van der Waals surface area contributed by atoms with Crippen LogP contribution < -0.4 is 10.2 Å². The Morgan fingerprint density at radius 1 is 0.935 bits per heavy atom. The standard InChI is InChI=1S/C27H37N3O/c1-21-14-18-30(19-15-21)26-12-10-24(11-13-26)22(2)28-27(31)25-8-6-23(7-9-25)20-29-16-4-3-5-17-29/h6-13,21-22H,3-5,14-20H2,1-2H3,(H,28,31). The summed E-state index contributed by atoms with van der Waals surface area (Å²) in [6.45, 7) is 10.0. The minimum Gasteiger partial charge on any atom is -0.372 e. The molecule has 0 radical (unpaired) electrons. The van der Waals surface area contributed by atoms with Crippen LogP contribution in [0.3, 0.4) is 0 Å². The maximum absolute atomic E-state index is 12.7. The van der Waals surface area contributed by atoms with E-state index < -0.39 is 0 Å². The largest absolute Gasteiger partial charge is 0.372 e. The fourth-order valence-electron chi connectivity index (χ4n) is 4.74. The van der Waals surface area contributed by atoms with Gasteiger partial charge in [-0.15, -0.1) is 0 Å². The molecule has 4 nitrogen and oxygen atoms in total. The van der Waals surface area contributed by atoms with E-state index in [2.05, 4.69) is 65.4 Å². The van der Waals surface area contributed by atoms with Gasteiger partial charge in [0.2, 0.25) is 0 Å². The van der Waals surface area contributed by atoms with Crippen LogP contribution in [0.1, 0.15) is 73.5 Å². The lowest BCUT2D eigenvalue weighted by atomic mass is 9.98. The molecule has 4 rings (SSSR count). The van der Waals surface area contributed by atoms with Crippen molar-refractivity contribution in [2.75, 3.05) is 31.1 Å². The second-order valence-electron chi connectivity index (χ2n) is 9.49. The van der Waals surface area contributed by atoms with Gasteiger partial charge in [-0.05, 0) is 87.0 Å². The van der Waals surface area contributed by atoms with Crippen LogP contribution in [0, 0.1) is 5.92 Å². The molecular weight excluding hydrogens is 382 g/mol. The smallest absolute Gasteiger partial charge is 0.251 e. The summed E-state index contributed by atoms with van der Waals surface area (Å²) in [5.41, 5.74) is 4.45. The van der Waals surface area contributed by atoms with Gasteiger partial charge in [0.1, 0.15) is 0 Å². The van der Waals surface area contributed by atoms with Gasteiger partial charge in [0.05, 0.1) is 6.04 Å². The zero-order valence-corrected chi connectivity index (χ0v) is 19.1. The number of nitrogens with one attached hydrogen (secondary N) is 1. The Morgan fingerprint density at radius 2 is 1.58 bits per heavy atom. The van der Waals surface area contributed by atoms with Crippen LogP contribution in [0.2, 0.25) is 0 Å². The molecule has 0 aromatic heterocycles. The fourth-order valence-corrected chi connectivity index (χ4v) is 4.74. The Kier molecular flexibility index (Phi) is 7.29. The van der Waals surface area contributed by atoms with Crippen molar-refractivity contribution in [2.24, 2.45) is 5.92 Å². The SMILES string of the molecule is CC1CCN(c2ccc(C(C)NC(=O)c3ccc(CN4CCCCC4)cc3)cc2)CC1. The number of piperidine rings is 2. The van der Waals surface area contributed by atoms with Gasteiger partial charge in [0, 0.05) is 30.9 Å². The first-order valence-corrected chi connectivity index (χ1v) is 12.1. The Labute approximate surface area is 187 Å². The Morgan fingerprint density at radius 3 is 2.23 bits per heavy atom. The van der Waals surface area contributed by atoms with Crippen molar-refractivity contribution in [2.45, 2.75) is 58.5 Å². The molecule has 2 aromatic rings.